The van der Waals surface area contributed by atoms with E-state index in [2.05, 4.69) is 55.6 Å². The van der Waals surface area contributed by atoms with Crippen LogP contribution in [0.4, 0.5) is 0 Å². The van der Waals surface area contributed by atoms with Crippen LogP contribution in [0.15, 0.2) is 48.6 Å². The van der Waals surface area contributed by atoms with Gasteiger partial charge in [0.15, 0.2) is 0 Å². The minimum Gasteiger partial charge on any atom is -0.466 e. The standard InChI is InChI=1S/C79H149NO5/c1-3-5-7-9-11-13-15-16-17-18-40-44-47-50-53-57-61-65-69-73-79(84)85-74-70-66-62-58-54-51-48-45-42-39-37-35-33-31-29-27-25-23-21-19-20-22-24-26-28-30-32-34-36-38-41-43-46-49-52-56-60-64-68-72-78(83)80-76(75-81)77(82)71-67-63-59-55-14-12-10-8-6-4-2/h11,13,16-17,19-20,67,71,76-77,81-82H,3-10,12,14-15,18,21-66,68-70,72-75H2,1-2H3,(H,80,83)/b13-11-,17-16-,20-19-,71-67+. The Morgan fingerprint density at radius 1 is 0.329 bits per heavy atom. The van der Waals surface area contributed by atoms with Gasteiger partial charge in [-0.2, -0.15) is 0 Å². The Hall–Kier alpha value is -2.18. The zero-order valence-electron chi connectivity index (χ0n) is 57.4. The Balaban J connectivity index is 3.30. The first-order valence-electron chi connectivity index (χ1n) is 38.4. The second kappa shape index (κ2) is 74.3. The molecule has 0 fully saturated rings. The molecule has 0 rings (SSSR count). The van der Waals surface area contributed by atoms with Gasteiger partial charge in [-0.05, 0) is 89.9 Å². The number of esters is 1. The number of nitrogens with one attached hydrogen (secondary N) is 1. The number of carbonyl (C=O) groups excluding carboxylic acids is 2. The second-order valence-electron chi connectivity index (χ2n) is 26.3. The third kappa shape index (κ3) is 70.8. The Morgan fingerprint density at radius 3 is 0.929 bits per heavy atom. The molecular formula is C79H149NO5. The number of hydrogen-bond acceptors (Lipinski definition) is 5. The normalized spacial score (nSPS) is 12.8. The number of hydrogen-bond donors (Lipinski definition) is 3. The maximum atomic E-state index is 12.4. The Kier molecular flexibility index (Phi) is 72.4. The van der Waals surface area contributed by atoms with Crippen LogP contribution in [0.5, 0.6) is 0 Å². The Bertz CT molecular complexity index is 1420. The highest BCUT2D eigenvalue weighted by Gasteiger charge is 2.18. The van der Waals surface area contributed by atoms with E-state index in [9.17, 15) is 19.8 Å². The van der Waals surface area contributed by atoms with Gasteiger partial charge in [0.25, 0.3) is 0 Å². The predicted molar refractivity (Wildman–Crippen MR) is 375 cm³/mol. The fourth-order valence-electron chi connectivity index (χ4n) is 12.0. The molecule has 0 heterocycles. The van der Waals surface area contributed by atoms with Gasteiger partial charge in [-0.15, -0.1) is 0 Å². The number of amides is 1. The van der Waals surface area contributed by atoms with E-state index < -0.39 is 12.1 Å². The Labute approximate surface area is 531 Å². The zero-order chi connectivity index (χ0) is 61.3. The quantitative estimate of drug-likeness (QED) is 0.0320. The number of unbranched alkanes of at least 4 members (excludes halogenated alkanes) is 55. The molecule has 0 saturated carbocycles. The third-order valence-electron chi connectivity index (χ3n) is 17.8. The highest BCUT2D eigenvalue weighted by Crippen LogP contribution is 2.19. The third-order valence-corrected chi connectivity index (χ3v) is 17.8. The largest absolute Gasteiger partial charge is 0.466 e. The van der Waals surface area contributed by atoms with Gasteiger partial charge in [-0.25, -0.2) is 0 Å². The van der Waals surface area contributed by atoms with Crippen LogP contribution in [0.2, 0.25) is 0 Å². The van der Waals surface area contributed by atoms with Crippen molar-refractivity contribution in [1.82, 2.24) is 5.32 Å². The summed E-state index contributed by atoms with van der Waals surface area (Å²) in [6.07, 6.45) is 98.2. The minimum absolute atomic E-state index is 0.0188. The molecule has 85 heavy (non-hydrogen) atoms. The molecule has 0 aromatic rings. The second-order valence-corrected chi connectivity index (χ2v) is 26.3. The average molecular weight is 1190 g/mol. The van der Waals surface area contributed by atoms with Crippen molar-refractivity contribution in [2.75, 3.05) is 13.2 Å². The van der Waals surface area contributed by atoms with Crippen LogP contribution < -0.4 is 5.32 Å². The molecule has 0 aromatic heterocycles. The van der Waals surface area contributed by atoms with Gasteiger partial charge in [0, 0.05) is 12.8 Å². The highest BCUT2D eigenvalue weighted by molar-refractivity contribution is 5.76. The summed E-state index contributed by atoms with van der Waals surface area (Å²) in [4.78, 5) is 24.6. The summed E-state index contributed by atoms with van der Waals surface area (Å²) in [7, 11) is 0. The van der Waals surface area contributed by atoms with E-state index in [0.717, 1.165) is 44.9 Å². The van der Waals surface area contributed by atoms with Crippen molar-refractivity contribution < 1.29 is 24.5 Å². The van der Waals surface area contributed by atoms with E-state index >= 15 is 0 Å². The molecule has 6 heteroatoms. The molecule has 0 aliphatic heterocycles. The van der Waals surface area contributed by atoms with Gasteiger partial charge in [0.2, 0.25) is 5.91 Å². The lowest BCUT2D eigenvalue weighted by atomic mass is 10.0. The van der Waals surface area contributed by atoms with Crippen LogP contribution in [0, 0.1) is 0 Å². The molecular weight excluding hydrogens is 1040 g/mol. The van der Waals surface area contributed by atoms with Crippen molar-refractivity contribution in [1.29, 1.82) is 0 Å². The Morgan fingerprint density at radius 2 is 0.588 bits per heavy atom. The van der Waals surface area contributed by atoms with Crippen LogP contribution in [-0.2, 0) is 14.3 Å². The number of allylic oxidation sites excluding steroid dienone is 7. The van der Waals surface area contributed by atoms with E-state index in [1.54, 1.807) is 6.08 Å². The summed E-state index contributed by atoms with van der Waals surface area (Å²) >= 11 is 0. The molecule has 0 aliphatic carbocycles. The van der Waals surface area contributed by atoms with Gasteiger partial charge in [0.1, 0.15) is 0 Å². The first-order valence-corrected chi connectivity index (χ1v) is 38.4. The summed E-state index contributed by atoms with van der Waals surface area (Å²) in [6.45, 7) is 4.89. The smallest absolute Gasteiger partial charge is 0.305 e. The zero-order valence-corrected chi connectivity index (χ0v) is 57.4. The van der Waals surface area contributed by atoms with E-state index in [1.807, 2.05) is 6.08 Å². The molecule has 0 aromatic carbocycles. The molecule has 0 bridgehead atoms. The van der Waals surface area contributed by atoms with Crippen LogP contribution in [0.25, 0.3) is 0 Å². The first kappa shape index (κ1) is 82.8. The summed E-state index contributed by atoms with van der Waals surface area (Å²) in [5.74, 6) is -0.0454. The number of aliphatic hydroxyl groups is 2. The number of ether oxygens (including phenoxy) is 1. The minimum atomic E-state index is -0.840. The molecule has 1 amide bonds. The molecule has 3 N–H and O–H groups in total. The van der Waals surface area contributed by atoms with Gasteiger partial charge in [0.05, 0.1) is 25.4 Å². The van der Waals surface area contributed by atoms with Crippen molar-refractivity contribution >= 4 is 11.9 Å². The van der Waals surface area contributed by atoms with Crippen LogP contribution >= 0.6 is 0 Å². The molecule has 0 radical (unpaired) electrons. The summed E-state index contributed by atoms with van der Waals surface area (Å²) in [5, 5.41) is 23.0. The number of aliphatic hydroxyl groups excluding tert-OH is 2. The van der Waals surface area contributed by atoms with Crippen LogP contribution in [0.1, 0.15) is 418 Å². The number of rotatable bonds is 72. The van der Waals surface area contributed by atoms with Crippen molar-refractivity contribution in [2.45, 2.75) is 431 Å². The van der Waals surface area contributed by atoms with Gasteiger partial charge in [-0.3, -0.25) is 9.59 Å². The summed E-state index contributed by atoms with van der Waals surface area (Å²) in [5.41, 5.74) is 0. The topological polar surface area (TPSA) is 95.9 Å². The summed E-state index contributed by atoms with van der Waals surface area (Å²) in [6, 6.07) is -0.623. The molecule has 2 atom stereocenters. The van der Waals surface area contributed by atoms with Gasteiger partial charge >= 0.3 is 5.97 Å². The van der Waals surface area contributed by atoms with E-state index in [4.69, 9.17) is 4.74 Å². The fourth-order valence-corrected chi connectivity index (χ4v) is 12.0. The lowest BCUT2D eigenvalue weighted by Crippen LogP contribution is -2.45. The maximum Gasteiger partial charge on any atom is 0.305 e. The summed E-state index contributed by atoms with van der Waals surface area (Å²) < 4.78 is 5.51. The predicted octanol–water partition coefficient (Wildman–Crippen LogP) is 25.2. The lowest BCUT2D eigenvalue weighted by Gasteiger charge is -2.20. The van der Waals surface area contributed by atoms with Crippen molar-refractivity contribution in [3.8, 4) is 0 Å². The number of carbonyl (C=O) groups is 2. The fraction of sp³-hybridized carbons (Fsp3) is 0.873. The van der Waals surface area contributed by atoms with E-state index in [1.165, 1.54) is 347 Å². The molecule has 500 valence electrons. The van der Waals surface area contributed by atoms with Crippen LogP contribution in [-0.4, -0.2) is 47.4 Å². The van der Waals surface area contributed by atoms with Crippen molar-refractivity contribution in [2.24, 2.45) is 0 Å². The highest BCUT2D eigenvalue weighted by atomic mass is 16.5. The average Bonchev–Trinajstić information content (AvgIpc) is 3.51. The SMILES string of the molecule is CCCCC/C=C\C/C=C\CCCCCCCCCCCC(=O)OCCCCCCCCCCCCCCCCCCCC/C=C\CCCCCCCCCCCCCCCCCCCC(=O)NC(CO)C(O)/C=C/CCCCCCCCCC. The molecule has 6 nitrogen and oxygen atoms in total. The van der Waals surface area contributed by atoms with E-state index in [0.29, 0.717) is 19.4 Å². The maximum absolute atomic E-state index is 12.4. The first-order chi connectivity index (χ1) is 42.0. The molecule has 2 unspecified atom stereocenters. The van der Waals surface area contributed by atoms with Gasteiger partial charge in [-0.1, -0.05) is 364 Å². The van der Waals surface area contributed by atoms with E-state index in [-0.39, 0.29) is 18.5 Å². The van der Waals surface area contributed by atoms with Crippen molar-refractivity contribution in [3.05, 3.63) is 48.6 Å². The van der Waals surface area contributed by atoms with Gasteiger partial charge < -0.3 is 20.3 Å². The lowest BCUT2D eigenvalue weighted by molar-refractivity contribution is -0.143. The molecule has 0 spiro atoms. The van der Waals surface area contributed by atoms with Crippen molar-refractivity contribution in [3.63, 3.8) is 0 Å². The molecule has 0 saturated heterocycles. The van der Waals surface area contributed by atoms with Crippen LogP contribution in [0.3, 0.4) is 0 Å². The monoisotopic (exact) mass is 1190 g/mol. The molecule has 0 aliphatic rings.